The van der Waals surface area contributed by atoms with Gasteiger partial charge in [0.2, 0.25) is 0 Å². The van der Waals surface area contributed by atoms with Crippen molar-refractivity contribution in [2.75, 3.05) is 6.61 Å². The van der Waals surface area contributed by atoms with Crippen LogP contribution in [0, 0.1) is 0 Å². The first-order chi connectivity index (χ1) is 6.36. The minimum Gasteiger partial charge on any atom is -0.370 e. The van der Waals surface area contributed by atoms with Crippen molar-refractivity contribution in [3.63, 3.8) is 0 Å². The van der Waals surface area contributed by atoms with Crippen molar-refractivity contribution < 1.29 is 9.53 Å². The van der Waals surface area contributed by atoms with Crippen LogP contribution in [0.4, 0.5) is 0 Å². The van der Waals surface area contributed by atoms with Crippen LogP contribution in [0.25, 0.3) is 0 Å². The average molecular weight is 176 g/mol. The van der Waals surface area contributed by atoms with E-state index in [0.717, 1.165) is 18.4 Å². The van der Waals surface area contributed by atoms with Crippen molar-refractivity contribution in [1.29, 1.82) is 0 Å². The Morgan fingerprint density at radius 1 is 1.31 bits per heavy atom. The molecule has 2 nitrogen and oxygen atoms in total. The highest BCUT2D eigenvalue weighted by atomic mass is 16.5. The van der Waals surface area contributed by atoms with Crippen LogP contribution in [0.5, 0.6) is 0 Å². The molecule has 1 aliphatic rings. The quantitative estimate of drug-likeness (QED) is 0.656. The largest absolute Gasteiger partial charge is 0.370 e. The minimum absolute atomic E-state index is 0.0764. The Morgan fingerprint density at radius 3 is 2.62 bits per heavy atom. The molecule has 1 aromatic carbocycles. The monoisotopic (exact) mass is 176 g/mol. The summed E-state index contributed by atoms with van der Waals surface area (Å²) in [5.74, 6) is 0.0764. The number of carbonyl (C=O) groups excluding carboxylic acids is 1. The SMILES string of the molecule is O=C(COC1CC1)c1ccccc1. The molecule has 0 saturated heterocycles. The van der Waals surface area contributed by atoms with E-state index in [2.05, 4.69) is 0 Å². The molecule has 0 aliphatic heterocycles. The predicted molar refractivity (Wildman–Crippen MR) is 49.7 cm³/mol. The number of rotatable bonds is 4. The van der Waals surface area contributed by atoms with Gasteiger partial charge in [-0.1, -0.05) is 30.3 Å². The topological polar surface area (TPSA) is 26.3 Å². The molecule has 68 valence electrons. The third kappa shape index (κ3) is 2.39. The Morgan fingerprint density at radius 2 is 2.00 bits per heavy atom. The molecule has 1 fully saturated rings. The Balaban J connectivity index is 1.89. The van der Waals surface area contributed by atoms with Crippen LogP contribution in [0.2, 0.25) is 0 Å². The molecule has 0 aromatic heterocycles. The molecule has 0 bridgehead atoms. The van der Waals surface area contributed by atoms with Gasteiger partial charge in [-0.3, -0.25) is 4.79 Å². The highest BCUT2D eigenvalue weighted by Gasteiger charge is 2.23. The number of carbonyl (C=O) groups is 1. The lowest BCUT2D eigenvalue weighted by atomic mass is 10.1. The molecule has 0 atom stereocenters. The third-order valence-electron chi connectivity index (χ3n) is 2.07. The van der Waals surface area contributed by atoms with Crippen molar-refractivity contribution in [3.8, 4) is 0 Å². The fraction of sp³-hybridized carbons (Fsp3) is 0.364. The Labute approximate surface area is 77.5 Å². The summed E-state index contributed by atoms with van der Waals surface area (Å²) < 4.78 is 5.32. The van der Waals surface area contributed by atoms with E-state index in [1.807, 2.05) is 30.3 Å². The molecule has 0 heterocycles. The van der Waals surface area contributed by atoms with Crippen molar-refractivity contribution >= 4 is 5.78 Å². The molecular weight excluding hydrogens is 164 g/mol. The molecule has 13 heavy (non-hydrogen) atoms. The minimum atomic E-state index is 0.0764. The summed E-state index contributed by atoms with van der Waals surface area (Å²) in [4.78, 5) is 11.5. The molecule has 0 spiro atoms. The van der Waals surface area contributed by atoms with Crippen LogP contribution >= 0.6 is 0 Å². The van der Waals surface area contributed by atoms with Gasteiger partial charge in [-0.05, 0) is 12.8 Å². The zero-order chi connectivity index (χ0) is 9.10. The second kappa shape index (κ2) is 3.71. The molecule has 0 amide bonds. The van der Waals surface area contributed by atoms with Gasteiger partial charge in [-0.25, -0.2) is 0 Å². The van der Waals surface area contributed by atoms with E-state index < -0.39 is 0 Å². The van der Waals surface area contributed by atoms with Crippen molar-refractivity contribution in [3.05, 3.63) is 35.9 Å². The van der Waals surface area contributed by atoms with Gasteiger partial charge in [0.25, 0.3) is 0 Å². The number of Topliss-reactive ketones (excluding diaryl/α,β-unsaturated/α-hetero) is 1. The van der Waals surface area contributed by atoms with Gasteiger partial charge in [0.15, 0.2) is 5.78 Å². The maximum atomic E-state index is 11.5. The third-order valence-corrected chi connectivity index (χ3v) is 2.07. The number of ether oxygens (including phenoxy) is 1. The van der Waals surface area contributed by atoms with Crippen LogP contribution in [-0.4, -0.2) is 18.5 Å². The Bertz CT molecular complexity index is 288. The smallest absolute Gasteiger partial charge is 0.188 e. The molecule has 1 aliphatic carbocycles. The lowest BCUT2D eigenvalue weighted by Gasteiger charge is -2.00. The van der Waals surface area contributed by atoms with Gasteiger partial charge in [-0.15, -0.1) is 0 Å². The van der Waals surface area contributed by atoms with Gasteiger partial charge in [-0.2, -0.15) is 0 Å². The molecule has 0 N–H and O–H groups in total. The normalized spacial score (nSPS) is 15.7. The van der Waals surface area contributed by atoms with E-state index in [1.165, 1.54) is 0 Å². The molecule has 1 saturated carbocycles. The second-order valence-corrected chi connectivity index (χ2v) is 3.30. The Kier molecular flexibility index (Phi) is 2.41. The van der Waals surface area contributed by atoms with Crippen LogP contribution in [0.15, 0.2) is 30.3 Å². The number of ketones is 1. The first-order valence-electron chi connectivity index (χ1n) is 4.56. The number of hydrogen-bond acceptors (Lipinski definition) is 2. The fourth-order valence-electron chi connectivity index (χ4n) is 1.14. The second-order valence-electron chi connectivity index (χ2n) is 3.30. The van der Waals surface area contributed by atoms with E-state index in [-0.39, 0.29) is 12.4 Å². The van der Waals surface area contributed by atoms with Crippen molar-refractivity contribution in [2.24, 2.45) is 0 Å². The summed E-state index contributed by atoms with van der Waals surface area (Å²) in [5, 5.41) is 0. The standard InChI is InChI=1S/C11H12O2/c12-11(8-13-10-6-7-10)9-4-2-1-3-5-9/h1-5,10H,6-8H2. The zero-order valence-corrected chi connectivity index (χ0v) is 7.40. The maximum Gasteiger partial charge on any atom is 0.188 e. The van der Waals surface area contributed by atoms with Gasteiger partial charge >= 0.3 is 0 Å². The summed E-state index contributed by atoms with van der Waals surface area (Å²) in [6.07, 6.45) is 2.58. The molecule has 2 rings (SSSR count). The maximum absolute atomic E-state index is 11.5. The molecule has 0 radical (unpaired) electrons. The molecule has 0 unspecified atom stereocenters. The van der Waals surface area contributed by atoms with Gasteiger partial charge in [0, 0.05) is 5.56 Å². The highest BCUT2D eigenvalue weighted by molar-refractivity contribution is 5.97. The van der Waals surface area contributed by atoms with Gasteiger partial charge in [0.1, 0.15) is 6.61 Å². The van der Waals surface area contributed by atoms with Gasteiger partial charge in [0.05, 0.1) is 6.10 Å². The average Bonchev–Trinajstić information content (AvgIpc) is 2.99. The lowest BCUT2D eigenvalue weighted by Crippen LogP contribution is -2.09. The molecule has 1 aromatic rings. The summed E-state index contributed by atoms with van der Waals surface area (Å²) in [6.45, 7) is 0.231. The fourth-order valence-corrected chi connectivity index (χ4v) is 1.14. The van der Waals surface area contributed by atoms with Crippen LogP contribution in [0.3, 0.4) is 0 Å². The van der Waals surface area contributed by atoms with E-state index in [4.69, 9.17) is 4.74 Å². The van der Waals surface area contributed by atoms with Gasteiger partial charge < -0.3 is 4.74 Å². The summed E-state index contributed by atoms with van der Waals surface area (Å²) in [6, 6.07) is 9.27. The first kappa shape index (κ1) is 8.45. The molecule has 2 heteroatoms. The van der Waals surface area contributed by atoms with Crippen LogP contribution < -0.4 is 0 Å². The number of benzene rings is 1. The summed E-state index contributed by atoms with van der Waals surface area (Å²) in [5.41, 5.74) is 0.739. The summed E-state index contributed by atoms with van der Waals surface area (Å²) in [7, 11) is 0. The van der Waals surface area contributed by atoms with E-state index >= 15 is 0 Å². The van der Waals surface area contributed by atoms with E-state index in [9.17, 15) is 4.79 Å². The number of hydrogen-bond donors (Lipinski definition) is 0. The Hall–Kier alpha value is -1.15. The van der Waals surface area contributed by atoms with Crippen LogP contribution in [-0.2, 0) is 4.74 Å². The predicted octanol–water partition coefficient (Wildman–Crippen LogP) is 2.05. The van der Waals surface area contributed by atoms with E-state index in [1.54, 1.807) is 0 Å². The van der Waals surface area contributed by atoms with Crippen molar-refractivity contribution in [2.45, 2.75) is 18.9 Å². The summed E-state index contributed by atoms with van der Waals surface area (Å²) >= 11 is 0. The first-order valence-corrected chi connectivity index (χ1v) is 4.56. The highest BCUT2D eigenvalue weighted by Crippen LogP contribution is 2.23. The zero-order valence-electron chi connectivity index (χ0n) is 7.40. The molecular formula is C11H12O2. The lowest BCUT2D eigenvalue weighted by molar-refractivity contribution is 0.0723. The van der Waals surface area contributed by atoms with Crippen molar-refractivity contribution in [1.82, 2.24) is 0 Å². The van der Waals surface area contributed by atoms with E-state index in [0.29, 0.717) is 6.10 Å². The van der Waals surface area contributed by atoms with Crippen LogP contribution in [0.1, 0.15) is 23.2 Å².